The van der Waals surface area contributed by atoms with Crippen molar-refractivity contribution < 1.29 is 4.79 Å². The zero-order valence-corrected chi connectivity index (χ0v) is 12.5. The Morgan fingerprint density at radius 3 is 2.86 bits per heavy atom. The quantitative estimate of drug-likeness (QED) is 0.875. The van der Waals surface area contributed by atoms with Crippen molar-refractivity contribution in [3.8, 4) is 0 Å². The van der Waals surface area contributed by atoms with Gasteiger partial charge in [-0.1, -0.05) is 17.7 Å². The van der Waals surface area contributed by atoms with Crippen molar-refractivity contribution >= 4 is 17.3 Å². The second-order valence-electron chi connectivity index (χ2n) is 5.67. The molecule has 1 heterocycles. The first-order valence-corrected chi connectivity index (χ1v) is 7.39. The van der Waals surface area contributed by atoms with Crippen LogP contribution in [0, 0.1) is 13.8 Å². The van der Waals surface area contributed by atoms with Crippen LogP contribution in [0.3, 0.4) is 0 Å². The van der Waals surface area contributed by atoms with Gasteiger partial charge in [0.15, 0.2) is 0 Å². The molecule has 1 aliphatic rings. The van der Waals surface area contributed by atoms with Crippen LogP contribution in [-0.4, -0.2) is 12.5 Å². The average Bonchev–Trinajstić information content (AvgIpc) is 2.49. The molecule has 0 spiro atoms. The zero-order valence-electron chi connectivity index (χ0n) is 12.5. The normalized spacial score (nSPS) is 13.2. The molecule has 1 amide bonds. The Hall–Kier alpha value is -2.29. The maximum absolute atomic E-state index is 12.4. The Morgan fingerprint density at radius 1 is 1.14 bits per heavy atom. The number of carbonyl (C=O) groups is 1. The van der Waals surface area contributed by atoms with Crippen LogP contribution in [0.5, 0.6) is 0 Å². The summed E-state index contributed by atoms with van der Waals surface area (Å²) in [6.07, 6.45) is 2.21. The van der Waals surface area contributed by atoms with E-state index >= 15 is 0 Å². The van der Waals surface area contributed by atoms with Crippen molar-refractivity contribution in [2.45, 2.75) is 26.7 Å². The van der Waals surface area contributed by atoms with Crippen LogP contribution in [0.2, 0.25) is 0 Å². The number of benzene rings is 2. The molecule has 0 aromatic heterocycles. The summed E-state index contributed by atoms with van der Waals surface area (Å²) in [5.74, 6) is -0.0417. The summed E-state index contributed by atoms with van der Waals surface area (Å²) in [6, 6.07) is 12.0. The lowest BCUT2D eigenvalue weighted by Crippen LogP contribution is -2.15. The fraction of sp³-hybridized carbons (Fsp3) is 0.278. The van der Waals surface area contributed by atoms with Crippen LogP contribution in [0.1, 0.15) is 33.5 Å². The van der Waals surface area contributed by atoms with Crippen LogP contribution in [-0.2, 0) is 6.42 Å². The van der Waals surface area contributed by atoms with E-state index in [4.69, 9.17) is 0 Å². The van der Waals surface area contributed by atoms with Crippen molar-refractivity contribution in [2.24, 2.45) is 0 Å². The third-order valence-corrected chi connectivity index (χ3v) is 3.94. The lowest BCUT2D eigenvalue weighted by molar-refractivity contribution is 0.102. The summed E-state index contributed by atoms with van der Waals surface area (Å²) in [5.41, 5.74) is 6.17. The molecule has 0 radical (unpaired) electrons. The number of nitrogens with one attached hydrogen (secondary N) is 2. The zero-order chi connectivity index (χ0) is 14.8. The van der Waals surface area contributed by atoms with Crippen molar-refractivity contribution in [1.82, 2.24) is 0 Å². The Kier molecular flexibility index (Phi) is 3.65. The summed E-state index contributed by atoms with van der Waals surface area (Å²) in [5, 5.41) is 6.39. The minimum atomic E-state index is -0.0417. The van der Waals surface area contributed by atoms with Crippen LogP contribution in [0.15, 0.2) is 36.4 Å². The number of anilines is 2. The third-order valence-electron chi connectivity index (χ3n) is 3.94. The summed E-state index contributed by atoms with van der Waals surface area (Å²) in [7, 11) is 0. The molecule has 3 nitrogen and oxygen atoms in total. The number of fused-ring (bicyclic) bond motifs is 1. The summed E-state index contributed by atoms with van der Waals surface area (Å²) >= 11 is 0. The highest BCUT2D eigenvalue weighted by Crippen LogP contribution is 2.25. The molecule has 3 heteroatoms. The molecule has 21 heavy (non-hydrogen) atoms. The largest absolute Gasteiger partial charge is 0.385 e. The number of hydrogen-bond donors (Lipinski definition) is 2. The van der Waals surface area contributed by atoms with E-state index in [9.17, 15) is 4.79 Å². The second kappa shape index (κ2) is 5.60. The number of carbonyl (C=O) groups excluding carboxylic acids is 1. The topological polar surface area (TPSA) is 41.1 Å². The van der Waals surface area contributed by atoms with Crippen LogP contribution < -0.4 is 10.6 Å². The van der Waals surface area contributed by atoms with E-state index < -0.39 is 0 Å². The Bertz CT molecular complexity index is 692. The van der Waals surface area contributed by atoms with E-state index in [1.165, 1.54) is 11.3 Å². The first-order chi connectivity index (χ1) is 10.1. The highest BCUT2D eigenvalue weighted by Gasteiger charge is 2.12. The lowest BCUT2D eigenvalue weighted by Gasteiger charge is -2.19. The summed E-state index contributed by atoms with van der Waals surface area (Å²) in [4.78, 5) is 12.4. The third kappa shape index (κ3) is 2.92. The molecular weight excluding hydrogens is 260 g/mol. The average molecular weight is 280 g/mol. The van der Waals surface area contributed by atoms with Crippen LogP contribution in [0.4, 0.5) is 11.4 Å². The van der Waals surface area contributed by atoms with E-state index in [2.05, 4.69) is 16.7 Å². The van der Waals surface area contributed by atoms with Crippen LogP contribution in [0.25, 0.3) is 0 Å². The predicted octanol–water partition coefficient (Wildman–Crippen LogP) is 3.91. The number of aryl methyl sites for hydroxylation is 3. The van der Waals surface area contributed by atoms with Gasteiger partial charge in [0.2, 0.25) is 0 Å². The van der Waals surface area contributed by atoms with Gasteiger partial charge in [0.25, 0.3) is 5.91 Å². The van der Waals surface area contributed by atoms with Gasteiger partial charge in [-0.25, -0.2) is 0 Å². The van der Waals surface area contributed by atoms with Crippen molar-refractivity contribution in [2.75, 3.05) is 17.2 Å². The number of hydrogen-bond acceptors (Lipinski definition) is 2. The molecule has 0 saturated heterocycles. The molecule has 0 atom stereocenters. The SMILES string of the molecule is Cc1ccc(C)c(C(=O)Nc2ccc3c(c2)CCCN3)c1. The Balaban J connectivity index is 1.83. The highest BCUT2D eigenvalue weighted by atomic mass is 16.1. The van der Waals surface area contributed by atoms with Gasteiger partial charge in [-0.05, 0) is 62.1 Å². The number of rotatable bonds is 2. The van der Waals surface area contributed by atoms with Gasteiger partial charge in [0.1, 0.15) is 0 Å². The van der Waals surface area contributed by atoms with E-state index in [1.54, 1.807) is 0 Å². The minimum Gasteiger partial charge on any atom is -0.385 e. The molecule has 0 unspecified atom stereocenters. The minimum absolute atomic E-state index is 0.0417. The summed E-state index contributed by atoms with van der Waals surface area (Å²) in [6.45, 7) is 4.99. The maximum atomic E-state index is 12.4. The van der Waals surface area contributed by atoms with Crippen molar-refractivity contribution in [1.29, 1.82) is 0 Å². The fourth-order valence-corrected chi connectivity index (χ4v) is 2.73. The summed E-state index contributed by atoms with van der Waals surface area (Å²) < 4.78 is 0. The molecule has 2 aromatic carbocycles. The second-order valence-corrected chi connectivity index (χ2v) is 5.67. The maximum Gasteiger partial charge on any atom is 0.255 e. The number of amides is 1. The van der Waals surface area contributed by atoms with E-state index in [-0.39, 0.29) is 5.91 Å². The van der Waals surface area contributed by atoms with Crippen molar-refractivity contribution in [3.05, 3.63) is 58.7 Å². The van der Waals surface area contributed by atoms with E-state index in [1.807, 2.05) is 44.2 Å². The van der Waals surface area contributed by atoms with E-state index in [0.717, 1.165) is 41.8 Å². The molecule has 0 aliphatic carbocycles. The van der Waals surface area contributed by atoms with E-state index in [0.29, 0.717) is 0 Å². The molecule has 0 fully saturated rings. The molecule has 0 saturated carbocycles. The molecule has 0 bridgehead atoms. The highest BCUT2D eigenvalue weighted by molar-refractivity contribution is 6.05. The molecule has 108 valence electrons. The molecule has 2 aromatic rings. The fourth-order valence-electron chi connectivity index (χ4n) is 2.73. The van der Waals surface area contributed by atoms with Crippen molar-refractivity contribution in [3.63, 3.8) is 0 Å². The molecule has 1 aliphatic heterocycles. The first kappa shape index (κ1) is 13.7. The van der Waals surface area contributed by atoms with Gasteiger partial charge < -0.3 is 10.6 Å². The predicted molar refractivity (Wildman–Crippen MR) is 87.1 cm³/mol. The van der Waals surface area contributed by atoms with Gasteiger partial charge in [-0.15, -0.1) is 0 Å². The molecular formula is C18H20N2O. The van der Waals surface area contributed by atoms with Crippen LogP contribution >= 0.6 is 0 Å². The Morgan fingerprint density at radius 2 is 2.00 bits per heavy atom. The smallest absolute Gasteiger partial charge is 0.255 e. The molecule has 3 rings (SSSR count). The Labute approximate surface area is 125 Å². The van der Waals surface area contributed by atoms with Gasteiger partial charge in [-0.3, -0.25) is 4.79 Å². The standard InChI is InChI=1S/C18H20N2O/c1-12-5-6-13(2)16(10-12)18(21)20-15-7-8-17-14(11-15)4-3-9-19-17/h5-8,10-11,19H,3-4,9H2,1-2H3,(H,20,21). The lowest BCUT2D eigenvalue weighted by atomic mass is 10.0. The van der Waals surface area contributed by atoms with Gasteiger partial charge >= 0.3 is 0 Å². The monoisotopic (exact) mass is 280 g/mol. The van der Waals surface area contributed by atoms with Gasteiger partial charge in [0.05, 0.1) is 0 Å². The molecule has 2 N–H and O–H groups in total. The first-order valence-electron chi connectivity index (χ1n) is 7.39. The van der Waals surface area contributed by atoms with Gasteiger partial charge in [-0.2, -0.15) is 0 Å². The van der Waals surface area contributed by atoms with Gasteiger partial charge in [0, 0.05) is 23.5 Å².